The van der Waals surface area contributed by atoms with Crippen LogP contribution in [0.1, 0.15) is 0 Å². The number of ether oxygens (including phenoxy) is 1. The van der Waals surface area contributed by atoms with E-state index in [9.17, 15) is 0 Å². The molecule has 0 unspecified atom stereocenters. The summed E-state index contributed by atoms with van der Waals surface area (Å²) in [6.45, 7) is -0.712. The van der Waals surface area contributed by atoms with Crippen LogP contribution in [0, 0.1) is 0 Å². The van der Waals surface area contributed by atoms with Crippen molar-refractivity contribution in [2.45, 2.75) is 0 Å². The van der Waals surface area contributed by atoms with Crippen LogP contribution in [-0.4, -0.2) is 18.0 Å². The molecule has 0 aliphatic carbocycles. The summed E-state index contributed by atoms with van der Waals surface area (Å²) in [5, 5.41) is 0. The first-order chi connectivity index (χ1) is 48.7. The van der Waals surface area contributed by atoms with E-state index in [2.05, 4.69) is 404 Å². The molecule has 0 saturated heterocycles. The molecule has 0 atom stereocenters. The lowest BCUT2D eigenvalue weighted by atomic mass is 9.34. The molecule has 0 saturated carbocycles. The highest BCUT2D eigenvalue weighted by Gasteiger charge is 2.53. The number of aromatic nitrogens is 1. The minimum atomic E-state index is -0.390. The van der Waals surface area contributed by atoms with Crippen LogP contribution >= 0.6 is 0 Å². The van der Waals surface area contributed by atoms with Gasteiger partial charge in [-0.2, -0.15) is 0 Å². The third kappa shape index (κ3) is 9.17. The molecule has 8 nitrogen and oxygen atoms in total. The highest BCUT2D eigenvalue weighted by Crippen LogP contribution is 2.54. The minimum Gasteiger partial charge on any atom is -0.455 e. The molecule has 98 heavy (non-hydrogen) atoms. The molecule has 4 aliphatic rings. The van der Waals surface area contributed by atoms with Gasteiger partial charge in [0.2, 0.25) is 0 Å². The van der Waals surface area contributed by atoms with Crippen LogP contribution in [0.5, 0.6) is 11.5 Å². The summed E-state index contributed by atoms with van der Waals surface area (Å²) in [6, 6.07) is 134. The quantitative estimate of drug-likeness (QED) is 0.106. The van der Waals surface area contributed by atoms with Crippen LogP contribution in [0.25, 0.3) is 5.69 Å². The standard InChI is InChI=1S/C88H61B2N7O/c1-11-33-62(34-12-1)91(63-35-13-2-14-36-63)72-55-56-76-78(57-72)95(69-47-25-8-26-48-69)81-60-74(93(66-41-19-5-20-42-66)67-43-21-6-22-44-67)61-82-84(81)90(76)88-86(98-82)85-87(97(88)71-51-29-10-30-52-71)89-75-53-31-32-54-77(75)94(68-45-23-7-24-46-68)79-58-73(59-80(83(79)89)96(85)70-49-27-9-28-50-70)92(64-37-15-3-16-38-64)65-39-17-4-18-40-65/h1-61H. The Morgan fingerprint density at radius 3 is 1.02 bits per heavy atom. The molecule has 0 N–H and O–H groups in total. The van der Waals surface area contributed by atoms with Crippen LogP contribution in [0.15, 0.2) is 370 Å². The fourth-order valence-corrected chi connectivity index (χ4v) is 15.7. The van der Waals surface area contributed by atoms with Gasteiger partial charge in [-0.25, -0.2) is 0 Å². The van der Waals surface area contributed by atoms with Gasteiger partial charge in [-0.3, -0.25) is 0 Å². The second kappa shape index (κ2) is 23.5. The Bertz CT molecular complexity index is 5330. The molecule has 14 aromatic carbocycles. The Hall–Kier alpha value is -12.9. The average molecular weight is 1250 g/mol. The van der Waals surface area contributed by atoms with Gasteiger partial charge < -0.3 is 38.7 Å². The number of hydrogen-bond donors (Lipinski definition) is 0. The van der Waals surface area contributed by atoms with Gasteiger partial charge in [0.25, 0.3) is 13.4 Å². The summed E-state index contributed by atoms with van der Waals surface area (Å²) in [7, 11) is 0. The Morgan fingerprint density at radius 1 is 0.235 bits per heavy atom. The van der Waals surface area contributed by atoms with Gasteiger partial charge in [0.15, 0.2) is 5.75 Å². The zero-order chi connectivity index (χ0) is 64.6. The van der Waals surface area contributed by atoms with E-state index < -0.39 is 6.71 Å². The number of fused-ring (bicyclic) bond motifs is 9. The van der Waals surface area contributed by atoms with E-state index in [4.69, 9.17) is 4.74 Å². The fraction of sp³-hybridized carbons (Fsp3) is 0. The average Bonchev–Trinajstić information content (AvgIpc) is 1.43. The van der Waals surface area contributed by atoms with Gasteiger partial charge in [0.05, 0.1) is 11.4 Å². The van der Waals surface area contributed by atoms with Gasteiger partial charge in [0, 0.05) is 108 Å². The molecular formula is C88H61B2N7O. The first-order valence-electron chi connectivity index (χ1n) is 33.6. The molecule has 0 amide bonds. The summed E-state index contributed by atoms with van der Waals surface area (Å²) in [4.78, 5) is 14.7. The lowest BCUT2D eigenvalue weighted by Crippen LogP contribution is -2.65. The van der Waals surface area contributed by atoms with Crippen molar-refractivity contribution in [3.63, 3.8) is 0 Å². The first-order valence-corrected chi connectivity index (χ1v) is 33.6. The number of para-hydroxylation sites is 11. The SMILES string of the molecule is c1ccc(N(c2ccccc2)c2ccc3c(c2)N(c2ccccc2)c2cc(N(c4ccccc4)c4ccccc4)cc4c2B3c2c(c3c(n2-c2ccccc2)B2c5ccccc5N(c5ccccc5)c5cc(N(c6ccccc6)c6ccccc6)cc(c52)N3c2ccccc2)O4)cc1. The summed E-state index contributed by atoms with van der Waals surface area (Å²) < 4.78 is 10.9. The smallest absolute Gasteiger partial charge is 0.277 e. The van der Waals surface area contributed by atoms with Crippen molar-refractivity contribution in [1.29, 1.82) is 0 Å². The van der Waals surface area contributed by atoms with Gasteiger partial charge >= 0.3 is 0 Å². The molecule has 4 aliphatic heterocycles. The summed E-state index contributed by atoms with van der Waals surface area (Å²) in [5.41, 5.74) is 26.4. The molecule has 1 aromatic heterocycles. The molecule has 0 fully saturated rings. The largest absolute Gasteiger partial charge is 0.455 e. The van der Waals surface area contributed by atoms with Crippen molar-refractivity contribution in [3.8, 4) is 17.2 Å². The molecule has 0 bridgehead atoms. The van der Waals surface area contributed by atoms with E-state index in [-0.39, 0.29) is 6.71 Å². The third-order valence-corrected chi connectivity index (χ3v) is 19.7. The topological polar surface area (TPSA) is 33.6 Å². The normalized spacial score (nSPS) is 12.7. The second-order valence-corrected chi connectivity index (χ2v) is 25.2. The van der Waals surface area contributed by atoms with E-state index in [0.29, 0.717) is 0 Å². The van der Waals surface area contributed by atoms with E-state index in [1.54, 1.807) is 0 Å². The minimum absolute atomic E-state index is 0.321. The van der Waals surface area contributed by atoms with E-state index in [1.807, 2.05) is 0 Å². The van der Waals surface area contributed by atoms with Crippen molar-refractivity contribution in [2.24, 2.45) is 0 Å². The van der Waals surface area contributed by atoms with Crippen molar-refractivity contribution < 1.29 is 4.74 Å². The van der Waals surface area contributed by atoms with Crippen molar-refractivity contribution in [1.82, 2.24) is 4.57 Å². The predicted octanol–water partition coefficient (Wildman–Crippen LogP) is 19.4. The molecule has 5 heterocycles. The summed E-state index contributed by atoms with van der Waals surface area (Å²) in [6.07, 6.45) is 0. The number of hydrogen-bond acceptors (Lipinski definition) is 7. The van der Waals surface area contributed by atoms with Crippen LogP contribution in [-0.2, 0) is 0 Å². The second-order valence-electron chi connectivity index (χ2n) is 25.2. The maximum atomic E-state index is 8.32. The lowest BCUT2D eigenvalue weighted by Gasteiger charge is -2.44. The number of anilines is 18. The highest BCUT2D eigenvalue weighted by atomic mass is 16.5. The lowest BCUT2D eigenvalue weighted by molar-refractivity contribution is 0.489. The summed E-state index contributed by atoms with van der Waals surface area (Å²) in [5.74, 6) is 1.57. The Kier molecular flexibility index (Phi) is 13.6. The molecule has 15 aromatic rings. The molecule has 460 valence electrons. The van der Waals surface area contributed by atoms with Crippen molar-refractivity contribution >= 4 is 149 Å². The van der Waals surface area contributed by atoms with Gasteiger partial charge in [-0.05, 0) is 180 Å². The van der Waals surface area contributed by atoms with E-state index in [0.717, 1.165) is 142 Å². The molecule has 10 heteroatoms. The van der Waals surface area contributed by atoms with E-state index in [1.165, 1.54) is 10.9 Å². The van der Waals surface area contributed by atoms with Crippen molar-refractivity contribution in [3.05, 3.63) is 370 Å². The highest BCUT2D eigenvalue weighted by molar-refractivity contribution is 7.02. The molecule has 0 spiro atoms. The summed E-state index contributed by atoms with van der Waals surface area (Å²) >= 11 is 0. The number of benzene rings is 14. The zero-order valence-corrected chi connectivity index (χ0v) is 53.4. The number of nitrogens with zero attached hydrogens (tertiary/aromatic N) is 7. The van der Waals surface area contributed by atoms with Crippen molar-refractivity contribution in [2.75, 3.05) is 29.4 Å². The van der Waals surface area contributed by atoms with Gasteiger partial charge in [0.1, 0.15) is 11.4 Å². The Balaban J connectivity index is 0.962. The Morgan fingerprint density at radius 2 is 0.561 bits per heavy atom. The van der Waals surface area contributed by atoms with Crippen LogP contribution in [0.4, 0.5) is 102 Å². The first kappa shape index (κ1) is 56.6. The van der Waals surface area contributed by atoms with E-state index >= 15 is 0 Å². The van der Waals surface area contributed by atoms with Crippen LogP contribution < -0.4 is 67.2 Å². The van der Waals surface area contributed by atoms with Gasteiger partial charge in [-0.1, -0.05) is 206 Å². The monoisotopic (exact) mass is 1250 g/mol. The fourth-order valence-electron chi connectivity index (χ4n) is 15.7. The Labute approximate surface area is 571 Å². The van der Waals surface area contributed by atoms with Gasteiger partial charge in [-0.15, -0.1) is 0 Å². The molecular weight excluding hydrogens is 1190 g/mol. The molecule has 0 radical (unpaired) electrons. The maximum Gasteiger partial charge on any atom is 0.277 e. The third-order valence-electron chi connectivity index (χ3n) is 19.7. The maximum absolute atomic E-state index is 8.32. The zero-order valence-electron chi connectivity index (χ0n) is 53.4. The predicted molar refractivity (Wildman–Crippen MR) is 410 cm³/mol. The number of rotatable bonds is 13. The van der Waals surface area contributed by atoms with Crippen LogP contribution in [0.2, 0.25) is 0 Å². The molecule has 19 rings (SSSR count). The van der Waals surface area contributed by atoms with Crippen LogP contribution in [0.3, 0.4) is 0 Å².